The molecular weight excluding hydrogens is 240 g/mol. The van der Waals surface area contributed by atoms with Crippen molar-refractivity contribution in [3.63, 3.8) is 0 Å². The minimum Gasteiger partial charge on any atom is -0.364 e. The smallest absolute Gasteiger partial charge is 0.263 e. The fraction of sp³-hybridized carbons (Fsp3) is 0.417. The topological polar surface area (TPSA) is 64.3 Å². The Morgan fingerprint density at radius 2 is 2.24 bits per heavy atom. The molecule has 0 aliphatic rings. The SMILES string of the molecule is CCCC(OCc1ccccc1Cl)C(=O)NN. The zero-order valence-electron chi connectivity index (χ0n) is 9.78. The van der Waals surface area contributed by atoms with Gasteiger partial charge in [-0.15, -0.1) is 0 Å². The van der Waals surface area contributed by atoms with Gasteiger partial charge >= 0.3 is 0 Å². The fourth-order valence-electron chi connectivity index (χ4n) is 1.45. The first-order valence-electron chi connectivity index (χ1n) is 5.54. The van der Waals surface area contributed by atoms with E-state index in [1.54, 1.807) is 6.07 Å². The number of carbonyl (C=O) groups is 1. The molecule has 0 spiro atoms. The molecule has 1 amide bonds. The summed E-state index contributed by atoms with van der Waals surface area (Å²) in [6.07, 6.45) is 0.954. The second-order valence-electron chi connectivity index (χ2n) is 3.69. The summed E-state index contributed by atoms with van der Waals surface area (Å²) in [5.74, 6) is 4.79. The number of hydrogen-bond acceptors (Lipinski definition) is 3. The summed E-state index contributed by atoms with van der Waals surface area (Å²) in [5, 5.41) is 0.635. The Morgan fingerprint density at radius 1 is 1.53 bits per heavy atom. The molecule has 0 aliphatic carbocycles. The summed E-state index contributed by atoms with van der Waals surface area (Å²) in [6.45, 7) is 2.29. The van der Waals surface area contributed by atoms with Crippen LogP contribution in [0.3, 0.4) is 0 Å². The first-order valence-corrected chi connectivity index (χ1v) is 5.92. The summed E-state index contributed by atoms with van der Waals surface area (Å²) in [4.78, 5) is 11.4. The number of hydrazine groups is 1. The van der Waals surface area contributed by atoms with Crippen molar-refractivity contribution < 1.29 is 9.53 Å². The van der Waals surface area contributed by atoms with E-state index in [4.69, 9.17) is 22.2 Å². The quantitative estimate of drug-likeness (QED) is 0.465. The molecule has 17 heavy (non-hydrogen) atoms. The van der Waals surface area contributed by atoms with Crippen LogP contribution in [0.1, 0.15) is 25.3 Å². The lowest BCUT2D eigenvalue weighted by atomic mass is 10.2. The molecule has 0 fully saturated rings. The molecule has 0 heterocycles. The summed E-state index contributed by atoms with van der Waals surface area (Å²) >= 11 is 5.99. The van der Waals surface area contributed by atoms with E-state index < -0.39 is 6.10 Å². The van der Waals surface area contributed by atoms with Gasteiger partial charge in [-0.3, -0.25) is 10.2 Å². The van der Waals surface area contributed by atoms with Gasteiger partial charge in [0.25, 0.3) is 5.91 Å². The molecule has 0 bridgehead atoms. The fourth-order valence-corrected chi connectivity index (χ4v) is 1.64. The average Bonchev–Trinajstić information content (AvgIpc) is 2.35. The number of rotatable bonds is 6. The third-order valence-corrected chi connectivity index (χ3v) is 2.75. The zero-order chi connectivity index (χ0) is 12.7. The molecule has 0 saturated carbocycles. The molecule has 0 radical (unpaired) electrons. The minimum absolute atomic E-state index is 0.303. The van der Waals surface area contributed by atoms with Gasteiger partial charge in [-0.25, -0.2) is 5.84 Å². The molecule has 94 valence electrons. The number of nitrogens with two attached hydrogens (primary N) is 1. The number of hydrogen-bond donors (Lipinski definition) is 2. The molecule has 4 nitrogen and oxygen atoms in total. The normalized spacial score (nSPS) is 12.2. The van der Waals surface area contributed by atoms with Crippen LogP contribution in [0.15, 0.2) is 24.3 Å². The highest BCUT2D eigenvalue weighted by Gasteiger charge is 2.17. The largest absolute Gasteiger partial charge is 0.364 e. The highest BCUT2D eigenvalue weighted by atomic mass is 35.5. The van der Waals surface area contributed by atoms with Crippen molar-refractivity contribution in [3.8, 4) is 0 Å². The Bertz CT molecular complexity index is 371. The molecule has 1 aromatic carbocycles. The molecular formula is C12H17ClN2O2. The maximum atomic E-state index is 11.4. The third kappa shape index (κ3) is 4.34. The molecule has 3 N–H and O–H groups in total. The van der Waals surface area contributed by atoms with Gasteiger partial charge in [0.05, 0.1) is 6.61 Å². The van der Waals surface area contributed by atoms with Crippen molar-refractivity contribution in [1.82, 2.24) is 5.43 Å². The second-order valence-corrected chi connectivity index (χ2v) is 4.10. The van der Waals surface area contributed by atoms with Crippen LogP contribution < -0.4 is 11.3 Å². The lowest BCUT2D eigenvalue weighted by Gasteiger charge is -2.15. The summed E-state index contributed by atoms with van der Waals surface area (Å²) < 4.78 is 5.53. The molecule has 1 atom stereocenters. The van der Waals surface area contributed by atoms with E-state index >= 15 is 0 Å². The maximum absolute atomic E-state index is 11.4. The Morgan fingerprint density at radius 3 is 2.82 bits per heavy atom. The average molecular weight is 257 g/mol. The number of halogens is 1. The van der Waals surface area contributed by atoms with E-state index in [0.717, 1.165) is 12.0 Å². The molecule has 0 aliphatic heterocycles. The van der Waals surface area contributed by atoms with E-state index in [-0.39, 0.29) is 5.91 Å². The Kier molecular flexibility index (Phi) is 5.97. The van der Waals surface area contributed by atoms with Crippen molar-refractivity contribution in [3.05, 3.63) is 34.9 Å². The molecule has 1 unspecified atom stereocenters. The number of ether oxygens (including phenoxy) is 1. The van der Waals surface area contributed by atoms with Crippen LogP contribution in [-0.4, -0.2) is 12.0 Å². The molecule has 0 aromatic heterocycles. The van der Waals surface area contributed by atoms with E-state index in [0.29, 0.717) is 18.1 Å². The molecule has 5 heteroatoms. The first-order chi connectivity index (χ1) is 8.19. The van der Waals surface area contributed by atoms with Crippen molar-refractivity contribution in [2.45, 2.75) is 32.5 Å². The predicted octanol–water partition coefficient (Wildman–Crippen LogP) is 2.02. The molecule has 1 rings (SSSR count). The van der Waals surface area contributed by atoms with Crippen molar-refractivity contribution in [2.24, 2.45) is 5.84 Å². The van der Waals surface area contributed by atoms with Gasteiger partial charge in [0.1, 0.15) is 6.10 Å². The molecule has 0 saturated heterocycles. The van der Waals surface area contributed by atoms with Gasteiger partial charge in [0, 0.05) is 5.02 Å². The van der Waals surface area contributed by atoms with Crippen LogP contribution in [-0.2, 0) is 16.1 Å². The van der Waals surface area contributed by atoms with E-state index in [9.17, 15) is 4.79 Å². The van der Waals surface area contributed by atoms with Gasteiger partial charge in [-0.1, -0.05) is 43.1 Å². The monoisotopic (exact) mass is 256 g/mol. The van der Waals surface area contributed by atoms with Crippen molar-refractivity contribution in [2.75, 3.05) is 0 Å². The number of nitrogens with one attached hydrogen (secondary N) is 1. The van der Waals surface area contributed by atoms with Crippen LogP contribution >= 0.6 is 11.6 Å². The summed E-state index contributed by atoms with van der Waals surface area (Å²) in [7, 11) is 0. The van der Waals surface area contributed by atoms with Crippen LogP contribution in [0, 0.1) is 0 Å². The summed E-state index contributed by atoms with van der Waals surface area (Å²) in [6, 6.07) is 7.38. The van der Waals surface area contributed by atoms with Gasteiger partial charge in [0.2, 0.25) is 0 Å². The highest BCUT2D eigenvalue weighted by molar-refractivity contribution is 6.31. The third-order valence-electron chi connectivity index (χ3n) is 2.38. The second kappa shape index (κ2) is 7.27. The van der Waals surface area contributed by atoms with Gasteiger partial charge in [-0.05, 0) is 18.1 Å². The Labute approximate surface area is 106 Å². The predicted molar refractivity (Wildman–Crippen MR) is 67.3 cm³/mol. The van der Waals surface area contributed by atoms with Crippen LogP contribution in [0.25, 0.3) is 0 Å². The molecule has 1 aromatic rings. The standard InChI is InChI=1S/C12H17ClN2O2/c1-2-5-11(12(16)15-14)17-8-9-6-3-4-7-10(9)13/h3-4,6-7,11H,2,5,8,14H2,1H3,(H,15,16). The van der Waals surface area contributed by atoms with Crippen LogP contribution in [0.2, 0.25) is 5.02 Å². The minimum atomic E-state index is -0.527. The Hall–Kier alpha value is -1.10. The van der Waals surface area contributed by atoms with Crippen LogP contribution in [0.4, 0.5) is 0 Å². The number of carbonyl (C=O) groups excluding carboxylic acids is 1. The van der Waals surface area contributed by atoms with Crippen molar-refractivity contribution in [1.29, 1.82) is 0 Å². The van der Waals surface area contributed by atoms with E-state index in [1.165, 1.54) is 0 Å². The highest BCUT2D eigenvalue weighted by Crippen LogP contribution is 2.17. The lowest BCUT2D eigenvalue weighted by Crippen LogP contribution is -2.40. The zero-order valence-corrected chi connectivity index (χ0v) is 10.5. The summed E-state index contributed by atoms with van der Waals surface area (Å²) in [5.41, 5.74) is 2.97. The Balaban J connectivity index is 2.57. The first kappa shape index (κ1) is 14.0. The number of benzene rings is 1. The van der Waals surface area contributed by atoms with Gasteiger partial charge < -0.3 is 4.74 Å². The van der Waals surface area contributed by atoms with Gasteiger partial charge in [-0.2, -0.15) is 0 Å². The van der Waals surface area contributed by atoms with Crippen LogP contribution in [0.5, 0.6) is 0 Å². The number of amides is 1. The van der Waals surface area contributed by atoms with E-state index in [1.807, 2.05) is 25.1 Å². The van der Waals surface area contributed by atoms with E-state index in [2.05, 4.69) is 5.43 Å². The van der Waals surface area contributed by atoms with Crippen molar-refractivity contribution >= 4 is 17.5 Å². The lowest BCUT2D eigenvalue weighted by molar-refractivity contribution is -0.134. The van der Waals surface area contributed by atoms with Gasteiger partial charge in [0.15, 0.2) is 0 Å². The maximum Gasteiger partial charge on any atom is 0.263 e.